The Hall–Kier alpha value is -2.78. The van der Waals surface area contributed by atoms with Gasteiger partial charge in [0.15, 0.2) is 0 Å². The molecule has 2 aliphatic rings. The van der Waals surface area contributed by atoms with Crippen molar-refractivity contribution in [2.75, 3.05) is 13.1 Å². The molecule has 0 saturated carbocycles. The summed E-state index contributed by atoms with van der Waals surface area (Å²) in [4.78, 5) is 26.2. The number of nitrogens with one attached hydrogen (secondary N) is 1. The first-order valence-electron chi connectivity index (χ1n) is 9.26. The molecule has 9 heteroatoms. The van der Waals surface area contributed by atoms with Gasteiger partial charge in [0.2, 0.25) is 10.0 Å². The molecule has 2 aromatic carbocycles. The van der Waals surface area contributed by atoms with Crippen molar-refractivity contribution < 1.29 is 22.4 Å². The molecule has 2 aliphatic heterocycles. The van der Waals surface area contributed by atoms with Crippen LogP contribution in [0, 0.1) is 5.82 Å². The molecule has 3 amide bonds. The highest BCUT2D eigenvalue weighted by Crippen LogP contribution is 2.33. The number of hydrogen-bond acceptors (Lipinski definition) is 4. The number of halogens is 1. The Bertz CT molecular complexity index is 1050. The Morgan fingerprint density at radius 3 is 2.24 bits per heavy atom. The van der Waals surface area contributed by atoms with Gasteiger partial charge < -0.3 is 5.32 Å². The fourth-order valence-electron chi connectivity index (χ4n) is 3.83. The molecule has 0 aliphatic carbocycles. The number of imide groups is 1. The molecule has 0 radical (unpaired) electrons. The van der Waals surface area contributed by atoms with Crippen molar-refractivity contribution in [2.45, 2.75) is 29.8 Å². The van der Waals surface area contributed by atoms with Crippen LogP contribution in [0.1, 0.15) is 18.4 Å². The average molecular weight is 417 g/mol. The first kappa shape index (κ1) is 19.5. The Morgan fingerprint density at radius 2 is 1.59 bits per heavy atom. The second-order valence-electron chi connectivity index (χ2n) is 7.22. The molecule has 4 rings (SSSR count). The summed E-state index contributed by atoms with van der Waals surface area (Å²) < 4.78 is 40.7. The summed E-state index contributed by atoms with van der Waals surface area (Å²) in [5.41, 5.74) is -0.291. The van der Waals surface area contributed by atoms with E-state index in [0.29, 0.717) is 0 Å². The van der Waals surface area contributed by atoms with E-state index in [2.05, 4.69) is 5.32 Å². The van der Waals surface area contributed by atoms with Crippen LogP contribution in [0.3, 0.4) is 0 Å². The van der Waals surface area contributed by atoms with Gasteiger partial charge >= 0.3 is 6.03 Å². The zero-order valence-electron chi connectivity index (χ0n) is 15.5. The van der Waals surface area contributed by atoms with Gasteiger partial charge in [-0.25, -0.2) is 17.6 Å². The molecule has 0 bridgehead atoms. The highest BCUT2D eigenvalue weighted by Gasteiger charge is 2.53. The number of hydrogen-bond donors (Lipinski definition) is 1. The number of carbonyl (C=O) groups excluding carboxylic acids is 2. The summed E-state index contributed by atoms with van der Waals surface area (Å²) in [6.45, 7) is 0.189. The smallest absolute Gasteiger partial charge is 0.323 e. The summed E-state index contributed by atoms with van der Waals surface area (Å²) in [5, 5.41) is 2.75. The number of urea groups is 1. The number of rotatable bonds is 4. The maximum absolute atomic E-state index is 14.0. The van der Waals surface area contributed by atoms with E-state index in [1.807, 2.05) is 30.3 Å². The van der Waals surface area contributed by atoms with E-state index in [1.165, 1.54) is 18.2 Å². The van der Waals surface area contributed by atoms with Crippen molar-refractivity contribution in [3.05, 3.63) is 66.0 Å². The van der Waals surface area contributed by atoms with Gasteiger partial charge in [-0.15, -0.1) is 0 Å². The van der Waals surface area contributed by atoms with Crippen molar-refractivity contribution in [3.8, 4) is 0 Å². The van der Waals surface area contributed by atoms with Crippen LogP contribution in [-0.4, -0.2) is 48.2 Å². The van der Waals surface area contributed by atoms with Crippen molar-refractivity contribution >= 4 is 22.0 Å². The predicted molar refractivity (Wildman–Crippen MR) is 103 cm³/mol. The minimum absolute atomic E-state index is 0.0157. The van der Waals surface area contributed by atoms with Gasteiger partial charge in [0.05, 0.1) is 6.54 Å². The second kappa shape index (κ2) is 7.23. The van der Waals surface area contributed by atoms with E-state index in [-0.39, 0.29) is 43.3 Å². The maximum atomic E-state index is 14.0. The fraction of sp³-hybridized carbons (Fsp3) is 0.300. The zero-order valence-corrected chi connectivity index (χ0v) is 16.4. The monoisotopic (exact) mass is 417 g/mol. The highest BCUT2D eigenvalue weighted by atomic mass is 32.2. The molecule has 0 atom stereocenters. The Balaban J connectivity index is 1.49. The Labute approximate surface area is 168 Å². The van der Waals surface area contributed by atoms with Crippen molar-refractivity contribution in [2.24, 2.45) is 0 Å². The van der Waals surface area contributed by atoms with Crippen LogP contribution >= 0.6 is 0 Å². The van der Waals surface area contributed by atoms with Crippen molar-refractivity contribution in [1.82, 2.24) is 14.5 Å². The van der Waals surface area contributed by atoms with E-state index < -0.39 is 27.4 Å². The number of nitrogens with zero attached hydrogens (tertiary/aromatic N) is 2. The first-order chi connectivity index (χ1) is 13.8. The van der Waals surface area contributed by atoms with Crippen LogP contribution in [0.5, 0.6) is 0 Å². The molecule has 1 spiro atoms. The van der Waals surface area contributed by atoms with Crippen LogP contribution < -0.4 is 5.32 Å². The Morgan fingerprint density at radius 1 is 0.966 bits per heavy atom. The van der Waals surface area contributed by atoms with Crippen LogP contribution in [0.15, 0.2) is 59.5 Å². The van der Waals surface area contributed by atoms with Crippen molar-refractivity contribution in [3.63, 3.8) is 0 Å². The van der Waals surface area contributed by atoms with Crippen LogP contribution in [0.2, 0.25) is 0 Å². The van der Waals surface area contributed by atoms with Gasteiger partial charge in [-0.3, -0.25) is 9.69 Å². The highest BCUT2D eigenvalue weighted by molar-refractivity contribution is 7.89. The molecule has 1 N–H and O–H groups in total. The Kier molecular flexibility index (Phi) is 4.87. The van der Waals surface area contributed by atoms with E-state index in [1.54, 1.807) is 0 Å². The van der Waals surface area contributed by atoms with Gasteiger partial charge in [-0.1, -0.05) is 42.5 Å². The molecule has 2 fully saturated rings. The third-order valence-corrected chi connectivity index (χ3v) is 7.39. The number of sulfonamides is 1. The molecule has 7 nitrogen and oxygen atoms in total. The largest absolute Gasteiger partial charge is 0.325 e. The minimum atomic E-state index is -4.01. The lowest BCUT2D eigenvalue weighted by Gasteiger charge is -2.36. The van der Waals surface area contributed by atoms with Gasteiger partial charge in [-0.05, 0) is 30.5 Å². The molecule has 2 saturated heterocycles. The molecule has 29 heavy (non-hydrogen) atoms. The third kappa shape index (κ3) is 3.40. The van der Waals surface area contributed by atoms with Crippen LogP contribution in [0.4, 0.5) is 9.18 Å². The first-order valence-corrected chi connectivity index (χ1v) is 10.7. The quantitative estimate of drug-likeness (QED) is 0.772. The van der Waals surface area contributed by atoms with E-state index in [9.17, 15) is 22.4 Å². The van der Waals surface area contributed by atoms with Crippen molar-refractivity contribution in [1.29, 1.82) is 0 Å². The van der Waals surface area contributed by atoms with Crippen LogP contribution in [-0.2, 0) is 21.4 Å². The summed E-state index contributed by atoms with van der Waals surface area (Å²) in [5.74, 6) is -1.17. The molecule has 0 unspecified atom stereocenters. The molecule has 2 aromatic rings. The maximum Gasteiger partial charge on any atom is 0.325 e. The zero-order chi connectivity index (χ0) is 20.6. The number of piperidine rings is 1. The number of benzene rings is 2. The lowest BCUT2D eigenvalue weighted by Crippen LogP contribution is -2.55. The summed E-state index contributed by atoms with van der Waals surface area (Å²) in [7, 11) is -4.01. The summed E-state index contributed by atoms with van der Waals surface area (Å²) >= 11 is 0. The second-order valence-corrected chi connectivity index (χ2v) is 9.13. The van der Waals surface area contributed by atoms with Gasteiger partial charge in [0, 0.05) is 13.1 Å². The molecular weight excluding hydrogens is 397 g/mol. The standard InChI is InChI=1S/C20H20FN3O4S/c21-16-8-4-5-9-17(16)29(27,28)23-12-10-20(11-13-23)18(25)24(19(26)22-20)14-15-6-2-1-3-7-15/h1-9H,10-14H2,(H,22,26). The van der Waals surface area contributed by atoms with E-state index >= 15 is 0 Å². The van der Waals surface area contributed by atoms with Gasteiger partial charge in [0.25, 0.3) is 5.91 Å². The topological polar surface area (TPSA) is 86.8 Å². The molecular formula is C20H20FN3O4S. The minimum Gasteiger partial charge on any atom is -0.323 e. The van der Waals surface area contributed by atoms with Gasteiger partial charge in [0.1, 0.15) is 16.3 Å². The van der Waals surface area contributed by atoms with Crippen LogP contribution in [0.25, 0.3) is 0 Å². The third-order valence-electron chi connectivity index (χ3n) is 5.46. The molecule has 0 aromatic heterocycles. The van der Waals surface area contributed by atoms with Gasteiger partial charge in [-0.2, -0.15) is 4.31 Å². The SMILES string of the molecule is O=C1NC2(CCN(S(=O)(=O)c3ccccc3F)CC2)C(=O)N1Cc1ccccc1. The summed E-state index contributed by atoms with van der Waals surface area (Å²) in [6, 6.07) is 13.9. The number of carbonyl (C=O) groups is 2. The lowest BCUT2D eigenvalue weighted by atomic mass is 9.88. The number of amides is 3. The van der Waals surface area contributed by atoms with E-state index in [0.717, 1.165) is 20.8 Å². The summed E-state index contributed by atoms with van der Waals surface area (Å²) in [6.07, 6.45) is 0.271. The molecule has 152 valence electrons. The predicted octanol–water partition coefficient (Wildman–Crippen LogP) is 2.10. The normalized spacial score (nSPS) is 19.6. The van der Waals surface area contributed by atoms with E-state index in [4.69, 9.17) is 0 Å². The molecule has 2 heterocycles. The lowest BCUT2D eigenvalue weighted by molar-refractivity contribution is -0.133. The average Bonchev–Trinajstić information content (AvgIpc) is 2.93. The fourth-order valence-corrected chi connectivity index (χ4v) is 5.33.